The molecular weight excluding hydrogens is 321 g/mol. The summed E-state index contributed by atoms with van der Waals surface area (Å²) in [5.41, 5.74) is 1.41. The predicted molar refractivity (Wildman–Crippen MR) is 93.5 cm³/mol. The standard InChI is InChI=1S/C19H26FN3O2/c1-14-12-15(7-8-16(14)20)13-21-19(25)23-11-5-6-17(23)18(24)22-9-3-2-4-10-22/h7-8,12,17H,2-6,9-11,13H2,1H3,(H,21,25)/t17-/m0/s1. The summed E-state index contributed by atoms with van der Waals surface area (Å²) in [7, 11) is 0. The number of carbonyl (C=O) groups is 2. The van der Waals surface area contributed by atoms with Gasteiger partial charge in [0, 0.05) is 26.2 Å². The van der Waals surface area contributed by atoms with Crippen LogP contribution in [0.25, 0.3) is 0 Å². The van der Waals surface area contributed by atoms with E-state index in [1.54, 1.807) is 24.0 Å². The van der Waals surface area contributed by atoms with Crippen molar-refractivity contribution in [2.24, 2.45) is 0 Å². The highest BCUT2D eigenvalue weighted by atomic mass is 19.1. The van der Waals surface area contributed by atoms with Gasteiger partial charge in [-0.1, -0.05) is 12.1 Å². The topological polar surface area (TPSA) is 52.7 Å². The number of likely N-dealkylation sites (tertiary alicyclic amines) is 2. The second-order valence-corrected chi connectivity index (χ2v) is 6.98. The molecule has 6 heteroatoms. The molecule has 1 atom stereocenters. The zero-order chi connectivity index (χ0) is 17.8. The van der Waals surface area contributed by atoms with Gasteiger partial charge in [-0.05, 0) is 56.2 Å². The molecular formula is C19H26FN3O2. The fraction of sp³-hybridized carbons (Fsp3) is 0.579. The van der Waals surface area contributed by atoms with E-state index in [1.165, 1.54) is 12.5 Å². The summed E-state index contributed by atoms with van der Waals surface area (Å²) in [6, 6.07) is 4.26. The van der Waals surface area contributed by atoms with Crippen molar-refractivity contribution in [3.05, 3.63) is 35.1 Å². The van der Waals surface area contributed by atoms with Gasteiger partial charge in [-0.2, -0.15) is 0 Å². The molecule has 0 spiro atoms. The van der Waals surface area contributed by atoms with Crippen LogP contribution in [0.2, 0.25) is 0 Å². The number of amides is 3. The number of rotatable bonds is 3. The van der Waals surface area contributed by atoms with E-state index in [2.05, 4.69) is 5.32 Å². The Morgan fingerprint density at radius 1 is 1.16 bits per heavy atom. The third-order valence-corrected chi connectivity index (χ3v) is 5.13. The van der Waals surface area contributed by atoms with Gasteiger partial charge in [0.05, 0.1) is 0 Å². The quantitative estimate of drug-likeness (QED) is 0.914. The average Bonchev–Trinajstić information content (AvgIpc) is 3.12. The van der Waals surface area contributed by atoms with E-state index in [0.717, 1.165) is 44.3 Å². The molecule has 0 bridgehead atoms. The summed E-state index contributed by atoms with van der Waals surface area (Å²) in [6.45, 7) is 4.26. The molecule has 2 fully saturated rings. The molecule has 1 aromatic carbocycles. The molecule has 25 heavy (non-hydrogen) atoms. The van der Waals surface area contributed by atoms with Gasteiger partial charge < -0.3 is 15.1 Å². The van der Waals surface area contributed by atoms with Crippen molar-refractivity contribution in [1.29, 1.82) is 0 Å². The van der Waals surface area contributed by atoms with E-state index >= 15 is 0 Å². The Bertz CT molecular complexity index is 644. The number of hydrogen-bond acceptors (Lipinski definition) is 2. The molecule has 3 rings (SSSR count). The predicted octanol–water partition coefficient (Wildman–Crippen LogP) is 2.82. The van der Waals surface area contributed by atoms with Crippen LogP contribution in [0.4, 0.5) is 9.18 Å². The molecule has 0 saturated carbocycles. The Morgan fingerprint density at radius 3 is 2.64 bits per heavy atom. The number of urea groups is 1. The van der Waals surface area contributed by atoms with Crippen molar-refractivity contribution in [3.63, 3.8) is 0 Å². The monoisotopic (exact) mass is 347 g/mol. The smallest absolute Gasteiger partial charge is 0.318 e. The normalized spacial score (nSPS) is 20.6. The van der Waals surface area contributed by atoms with E-state index in [4.69, 9.17) is 0 Å². The van der Waals surface area contributed by atoms with Crippen molar-refractivity contribution in [2.45, 2.75) is 51.6 Å². The summed E-state index contributed by atoms with van der Waals surface area (Å²) in [5.74, 6) is -0.160. The number of benzene rings is 1. The number of halogens is 1. The molecule has 1 N–H and O–H groups in total. The zero-order valence-electron chi connectivity index (χ0n) is 14.8. The first-order valence-electron chi connectivity index (χ1n) is 9.14. The number of nitrogens with zero attached hydrogens (tertiary/aromatic N) is 2. The van der Waals surface area contributed by atoms with Crippen molar-refractivity contribution in [2.75, 3.05) is 19.6 Å². The fourth-order valence-electron chi connectivity index (χ4n) is 3.69. The maximum atomic E-state index is 13.3. The summed E-state index contributed by atoms with van der Waals surface area (Å²) in [4.78, 5) is 28.8. The summed E-state index contributed by atoms with van der Waals surface area (Å²) in [6.07, 6.45) is 4.87. The lowest BCUT2D eigenvalue weighted by Gasteiger charge is -2.32. The number of piperidine rings is 1. The highest BCUT2D eigenvalue weighted by Crippen LogP contribution is 2.21. The first-order valence-corrected chi connectivity index (χ1v) is 9.14. The van der Waals surface area contributed by atoms with Crippen LogP contribution in [0.3, 0.4) is 0 Å². The lowest BCUT2D eigenvalue weighted by molar-refractivity contribution is -0.136. The van der Waals surface area contributed by atoms with Crippen molar-refractivity contribution in [1.82, 2.24) is 15.1 Å². The summed E-state index contributed by atoms with van der Waals surface area (Å²) >= 11 is 0. The fourth-order valence-corrected chi connectivity index (χ4v) is 3.69. The molecule has 136 valence electrons. The largest absolute Gasteiger partial charge is 0.341 e. The Kier molecular flexibility index (Phi) is 5.56. The molecule has 3 amide bonds. The number of aryl methyl sites for hydroxylation is 1. The van der Waals surface area contributed by atoms with Gasteiger partial charge in [0.25, 0.3) is 0 Å². The molecule has 0 unspecified atom stereocenters. The van der Waals surface area contributed by atoms with Gasteiger partial charge in [-0.15, -0.1) is 0 Å². The highest BCUT2D eigenvalue weighted by molar-refractivity contribution is 5.87. The lowest BCUT2D eigenvalue weighted by atomic mass is 10.1. The van der Waals surface area contributed by atoms with Gasteiger partial charge >= 0.3 is 6.03 Å². The maximum Gasteiger partial charge on any atom is 0.318 e. The number of nitrogens with one attached hydrogen (secondary N) is 1. The maximum absolute atomic E-state index is 13.3. The molecule has 0 aliphatic carbocycles. The first kappa shape index (κ1) is 17.7. The van der Waals surface area contributed by atoms with Crippen LogP contribution in [-0.2, 0) is 11.3 Å². The summed E-state index contributed by atoms with van der Waals surface area (Å²) in [5, 5.41) is 2.87. The molecule has 2 saturated heterocycles. The van der Waals surface area contributed by atoms with E-state index < -0.39 is 0 Å². The van der Waals surface area contributed by atoms with Crippen LogP contribution < -0.4 is 5.32 Å². The molecule has 2 aliphatic heterocycles. The lowest BCUT2D eigenvalue weighted by Crippen LogP contribution is -2.51. The third kappa shape index (κ3) is 4.11. The van der Waals surface area contributed by atoms with E-state index in [-0.39, 0.29) is 23.8 Å². The van der Waals surface area contributed by atoms with Gasteiger partial charge in [0.2, 0.25) is 5.91 Å². The van der Waals surface area contributed by atoms with Crippen LogP contribution in [-0.4, -0.2) is 47.4 Å². The molecule has 1 aromatic rings. The molecule has 0 aromatic heterocycles. The Morgan fingerprint density at radius 2 is 1.92 bits per heavy atom. The minimum Gasteiger partial charge on any atom is -0.341 e. The average molecular weight is 347 g/mol. The van der Waals surface area contributed by atoms with Gasteiger partial charge in [-0.3, -0.25) is 4.79 Å². The van der Waals surface area contributed by atoms with E-state index in [0.29, 0.717) is 18.7 Å². The van der Waals surface area contributed by atoms with Crippen LogP contribution in [0.5, 0.6) is 0 Å². The van der Waals surface area contributed by atoms with Crippen molar-refractivity contribution in [3.8, 4) is 0 Å². The zero-order valence-corrected chi connectivity index (χ0v) is 14.8. The Balaban J connectivity index is 1.58. The number of carbonyl (C=O) groups excluding carboxylic acids is 2. The molecule has 2 aliphatic rings. The molecule has 0 radical (unpaired) electrons. The minimum absolute atomic E-state index is 0.0879. The second-order valence-electron chi connectivity index (χ2n) is 6.98. The van der Waals surface area contributed by atoms with Crippen LogP contribution in [0.15, 0.2) is 18.2 Å². The van der Waals surface area contributed by atoms with Gasteiger partial charge in [0.15, 0.2) is 0 Å². The Labute approximate surface area is 148 Å². The van der Waals surface area contributed by atoms with Crippen molar-refractivity contribution >= 4 is 11.9 Å². The van der Waals surface area contributed by atoms with Gasteiger partial charge in [-0.25, -0.2) is 9.18 Å². The highest BCUT2D eigenvalue weighted by Gasteiger charge is 2.36. The molecule has 2 heterocycles. The minimum atomic E-state index is -0.340. The summed E-state index contributed by atoms with van der Waals surface area (Å²) < 4.78 is 13.3. The third-order valence-electron chi connectivity index (χ3n) is 5.13. The van der Waals surface area contributed by atoms with Crippen LogP contribution in [0, 0.1) is 12.7 Å². The van der Waals surface area contributed by atoms with Crippen LogP contribution >= 0.6 is 0 Å². The van der Waals surface area contributed by atoms with E-state index in [1.807, 2.05) is 4.90 Å². The number of hydrogen-bond donors (Lipinski definition) is 1. The second kappa shape index (κ2) is 7.85. The SMILES string of the molecule is Cc1cc(CNC(=O)N2CCC[C@H]2C(=O)N2CCCCC2)ccc1F. The first-order chi connectivity index (χ1) is 12.1. The Hall–Kier alpha value is -2.11. The van der Waals surface area contributed by atoms with Crippen molar-refractivity contribution < 1.29 is 14.0 Å². The van der Waals surface area contributed by atoms with E-state index in [9.17, 15) is 14.0 Å². The molecule has 5 nitrogen and oxygen atoms in total. The van der Waals surface area contributed by atoms with Crippen LogP contribution in [0.1, 0.15) is 43.2 Å². The van der Waals surface area contributed by atoms with Gasteiger partial charge in [0.1, 0.15) is 11.9 Å².